The van der Waals surface area contributed by atoms with Crippen LogP contribution in [0.4, 0.5) is 0 Å². The van der Waals surface area contributed by atoms with E-state index in [9.17, 15) is 13.7 Å². The number of hydrogen-bond donors (Lipinski definition) is 0. The number of nitriles is 1. The monoisotopic (exact) mass is 477 g/mol. The third-order valence-electron chi connectivity index (χ3n) is 7.04. The van der Waals surface area contributed by atoms with Crippen molar-refractivity contribution in [2.45, 2.75) is 38.8 Å². The van der Waals surface area contributed by atoms with Gasteiger partial charge in [-0.2, -0.15) is 5.26 Å². The Morgan fingerprint density at radius 1 is 1.18 bits per heavy atom. The summed E-state index contributed by atoms with van der Waals surface area (Å²) in [4.78, 5) is 0. The van der Waals surface area contributed by atoms with Gasteiger partial charge >= 0.3 is 0 Å². The first-order valence-corrected chi connectivity index (χ1v) is 13.0. The molecule has 2 aromatic heterocycles. The van der Waals surface area contributed by atoms with Gasteiger partial charge in [0, 0.05) is 53.5 Å². The molecule has 0 saturated heterocycles. The Balaban J connectivity index is 1.84. The molecule has 0 fully saturated rings. The van der Waals surface area contributed by atoms with Crippen molar-refractivity contribution in [2.75, 3.05) is 20.5 Å². The lowest BCUT2D eigenvalue weighted by atomic mass is 9.84. The number of para-hydroxylation sites is 1. The minimum absolute atomic E-state index is 0.142. The number of rotatable bonds is 4. The lowest BCUT2D eigenvalue weighted by Crippen LogP contribution is -2.25. The van der Waals surface area contributed by atoms with E-state index in [0.29, 0.717) is 17.5 Å². The Morgan fingerprint density at radius 2 is 1.91 bits per heavy atom. The standard InChI is InChI=1S/C26H27N3O4S/c1-15-10-17-11-23(32-3)24(33-4)12-19(17)26-20(13-27)25(16(2)29(15)26)21-14-28(34(5,30)31)22-9-7-6-8-18(21)22/h6-9,12,14-15,23H,10-11H2,1-5H3. The molecular weight excluding hydrogens is 450 g/mol. The fourth-order valence-corrected chi connectivity index (χ4v) is 6.44. The van der Waals surface area contributed by atoms with Gasteiger partial charge in [-0.25, -0.2) is 12.4 Å². The van der Waals surface area contributed by atoms with Crippen LogP contribution in [0.15, 0.2) is 47.9 Å². The molecule has 2 aliphatic rings. The van der Waals surface area contributed by atoms with E-state index in [-0.39, 0.29) is 12.1 Å². The predicted octanol–water partition coefficient (Wildman–Crippen LogP) is 4.76. The predicted molar refractivity (Wildman–Crippen MR) is 132 cm³/mol. The molecule has 5 rings (SSSR count). The highest BCUT2D eigenvalue weighted by atomic mass is 32.2. The van der Waals surface area contributed by atoms with Crippen LogP contribution >= 0.6 is 0 Å². The van der Waals surface area contributed by atoms with Gasteiger partial charge in [0.05, 0.1) is 30.1 Å². The number of nitrogens with zero attached hydrogens (tertiary/aromatic N) is 3. The van der Waals surface area contributed by atoms with Gasteiger partial charge < -0.3 is 14.0 Å². The Morgan fingerprint density at radius 3 is 2.56 bits per heavy atom. The van der Waals surface area contributed by atoms with E-state index < -0.39 is 10.0 Å². The largest absolute Gasteiger partial charge is 0.498 e. The van der Waals surface area contributed by atoms with Crippen molar-refractivity contribution in [1.29, 1.82) is 5.26 Å². The first-order chi connectivity index (χ1) is 16.2. The normalized spacial score (nSPS) is 20.1. The molecule has 0 bridgehead atoms. The number of allylic oxidation sites excluding steroid dienone is 2. The van der Waals surface area contributed by atoms with Crippen LogP contribution in [0.3, 0.4) is 0 Å². The van der Waals surface area contributed by atoms with E-state index in [1.807, 2.05) is 31.2 Å². The molecule has 8 heteroatoms. The number of aromatic nitrogens is 2. The van der Waals surface area contributed by atoms with E-state index in [1.54, 1.807) is 26.5 Å². The molecule has 3 heterocycles. The first-order valence-electron chi connectivity index (χ1n) is 11.2. The zero-order chi connectivity index (χ0) is 24.4. The van der Waals surface area contributed by atoms with Gasteiger partial charge in [-0.1, -0.05) is 23.8 Å². The summed E-state index contributed by atoms with van der Waals surface area (Å²) < 4.78 is 39.9. The van der Waals surface area contributed by atoms with E-state index in [0.717, 1.165) is 45.7 Å². The van der Waals surface area contributed by atoms with Gasteiger partial charge in [-0.15, -0.1) is 0 Å². The van der Waals surface area contributed by atoms with Crippen molar-refractivity contribution in [3.05, 3.63) is 64.8 Å². The smallest absolute Gasteiger partial charge is 0.236 e. The summed E-state index contributed by atoms with van der Waals surface area (Å²) in [6, 6.07) is 10.0. The highest BCUT2D eigenvalue weighted by Crippen LogP contribution is 2.48. The van der Waals surface area contributed by atoms with Crippen LogP contribution < -0.4 is 0 Å². The SMILES string of the molecule is COC1=CC2=C(CC1OC)CC(C)n1c(C)c(-c3cn(S(C)(=O)=O)c4ccccc34)c(C#N)c12. The maximum atomic E-state index is 12.5. The fourth-order valence-electron chi connectivity index (χ4n) is 5.62. The summed E-state index contributed by atoms with van der Waals surface area (Å²) in [6.45, 7) is 4.17. The third-order valence-corrected chi connectivity index (χ3v) is 8.06. The van der Waals surface area contributed by atoms with Crippen molar-refractivity contribution in [3.63, 3.8) is 0 Å². The molecule has 0 saturated carbocycles. The number of fused-ring (bicyclic) bond motifs is 3. The molecule has 0 spiro atoms. The summed E-state index contributed by atoms with van der Waals surface area (Å²) in [7, 11) is -0.209. The van der Waals surface area contributed by atoms with Gasteiger partial charge in [0.15, 0.2) is 0 Å². The maximum Gasteiger partial charge on any atom is 0.236 e. The van der Waals surface area contributed by atoms with Crippen molar-refractivity contribution in [2.24, 2.45) is 0 Å². The van der Waals surface area contributed by atoms with Crippen LogP contribution in [0, 0.1) is 18.3 Å². The highest BCUT2D eigenvalue weighted by molar-refractivity contribution is 7.89. The summed E-state index contributed by atoms with van der Waals surface area (Å²) in [5.41, 5.74) is 6.73. The Kier molecular flexibility index (Phi) is 5.23. The molecule has 2 unspecified atom stereocenters. The minimum atomic E-state index is -3.52. The molecule has 1 aliphatic heterocycles. The average molecular weight is 478 g/mol. The van der Waals surface area contributed by atoms with Gasteiger partial charge in [-0.3, -0.25) is 0 Å². The van der Waals surface area contributed by atoms with Crippen molar-refractivity contribution in [1.82, 2.24) is 8.54 Å². The van der Waals surface area contributed by atoms with Crippen LogP contribution in [-0.4, -0.2) is 43.5 Å². The van der Waals surface area contributed by atoms with Crippen molar-refractivity contribution in [3.8, 4) is 17.2 Å². The van der Waals surface area contributed by atoms with Crippen molar-refractivity contribution >= 4 is 26.5 Å². The van der Waals surface area contributed by atoms with Crippen LogP contribution in [0.25, 0.3) is 27.6 Å². The molecule has 1 aromatic carbocycles. The molecule has 0 radical (unpaired) electrons. The zero-order valence-electron chi connectivity index (χ0n) is 19.9. The molecule has 2 atom stereocenters. The Labute approximate surface area is 199 Å². The first kappa shape index (κ1) is 22.5. The van der Waals surface area contributed by atoms with E-state index in [1.165, 1.54) is 15.8 Å². The number of methoxy groups -OCH3 is 2. The second kappa shape index (κ2) is 7.90. The minimum Gasteiger partial charge on any atom is -0.498 e. The van der Waals surface area contributed by atoms with E-state index >= 15 is 0 Å². The van der Waals surface area contributed by atoms with Gasteiger partial charge in [0.25, 0.3) is 0 Å². The molecule has 7 nitrogen and oxygen atoms in total. The third kappa shape index (κ3) is 3.15. The second-order valence-electron chi connectivity index (χ2n) is 9.03. The lowest BCUT2D eigenvalue weighted by molar-refractivity contribution is 0.0766. The number of ether oxygens (including phenoxy) is 2. The number of benzene rings is 1. The Bertz CT molecular complexity index is 1550. The Hall–Kier alpha value is -3.28. The highest BCUT2D eigenvalue weighted by Gasteiger charge is 2.36. The second-order valence-corrected chi connectivity index (χ2v) is 10.9. The number of hydrogen-bond acceptors (Lipinski definition) is 5. The summed E-state index contributed by atoms with van der Waals surface area (Å²) in [6.07, 6.45) is 6.25. The van der Waals surface area contributed by atoms with Crippen LogP contribution in [0.5, 0.6) is 0 Å². The van der Waals surface area contributed by atoms with E-state index in [2.05, 4.69) is 17.6 Å². The van der Waals surface area contributed by atoms with Gasteiger partial charge in [0.1, 0.15) is 17.9 Å². The maximum absolute atomic E-state index is 12.5. The lowest BCUT2D eigenvalue weighted by Gasteiger charge is -2.33. The van der Waals surface area contributed by atoms with Crippen LogP contribution in [0.1, 0.15) is 42.8 Å². The topological polar surface area (TPSA) is 86.2 Å². The van der Waals surface area contributed by atoms with Crippen molar-refractivity contribution < 1.29 is 17.9 Å². The van der Waals surface area contributed by atoms with Gasteiger partial charge in [-0.05, 0) is 32.4 Å². The molecule has 34 heavy (non-hydrogen) atoms. The van der Waals surface area contributed by atoms with Gasteiger partial charge in [0.2, 0.25) is 10.0 Å². The molecule has 1 aliphatic carbocycles. The summed E-state index contributed by atoms with van der Waals surface area (Å²) in [5, 5.41) is 11.2. The summed E-state index contributed by atoms with van der Waals surface area (Å²) >= 11 is 0. The molecule has 0 amide bonds. The fraction of sp³-hybridized carbons (Fsp3) is 0.346. The molecule has 3 aromatic rings. The summed E-state index contributed by atoms with van der Waals surface area (Å²) in [5.74, 6) is 0.736. The van der Waals surface area contributed by atoms with Crippen LogP contribution in [0.2, 0.25) is 0 Å². The molecular formula is C26H27N3O4S. The van der Waals surface area contributed by atoms with E-state index in [4.69, 9.17) is 9.47 Å². The molecule has 176 valence electrons. The zero-order valence-corrected chi connectivity index (χ0v) is 20.7. The molecule has 0 N–H and O–H groups in total. The quantitative estimate of drug-likeness (QED) is 0.541. The average Bonchev–Trinajstić information content (AvgIpc) is 3.34. The van der Waals surface area contributed by atoms with Crippen LogP contribution in [-0.2, 0) is 19.5 Å².